The lowest BCUT2D eigenvalue weighted by Gasteiger charge is -2.42. The van der Waals surface area contributed by atoms with Crippen LogP contribution in [-0.2, 0) is 14.8 Å². The van der Waals surface area contributed by atoms with Gasteiger partial charge in [-0.25, -0.2) is 12.7 Å². The average Bonchev–Trinajstić information content (AvgIpc) is 2.45. The van der Waals surface area contributed by atoms with Gasteiger partial charge < -0.3 is 5.32 Å². The van der Waals surface area contributed by atoms with E-state index >= 15 is 0 Å². The Labute approximate surface area is 126 Å². The van der Waals surface area contributed by atoms with Crippen LogP contribution in [0.4, 0.5) is 5.69 Å². The molecule has 21 heavy (non-hydrogen) atoms. The number of carbonyl (C=O) groups is 1. The number of amides is 1. The number of rotatable bonds is 5. The molecule has 0 spiro atoms. The predicted octanol–water partition coefficient (Wildman–Crippen LogP) is 2.20. The summed E-state index contributed by atoms with van der Waals surface area (Å²) < 4.78 is 23.8. The van der Waals surface area contributed by atoms with Crippen LogP contribution in [0, 0.1) is 0 Å². The van der Waals surface area contributed by atoms with Crippen molar-refractivity contribution < 1.29 is 13.2 Å². The molecule has 1 aromatic rings. The molecule has 1 unspecified atom stereocenters. The molecule has 1 saturated heterocycles. The zero-order valence-corrected chi connectivity index (χ0v) is 13.7. The van der Waals surface area contributed by atoms with Gasteiger partial charge in [0.05, 0.1) is 5.69 Å². The van der Waals surface area contributed by atoms with E-state index in [1.54, 1.807) is 12.1 Å². The first-order valence-electron chi connectivity index (χ1n) is 7.16. The lowest BCUT2D eigenvalue weighted by molar-refractivity contribution is -0.120. The van der Waals surface area contributed by atoms with Gasteiger partial charge >= 0.3 is 0 Å². The van der Waals surface area contributed by atoms with E-state index in [4.69, 9.17) is 0 Å². The number of benzene rings is 1. The van der Waals surface area contributed by atoms with Crippen LogP contribution < -0.4 is 9.62 Å². The monoisotopic (exact) mass is 310 g/mol. The van der Waals surface area contributed by atoms with Crippen LogP contribution in [0.25, 0.3) is 0 Å². The minimum Gasteiger partial charge on any atom is -0.310 e. The van der Waals surface area contributed by atoms with Gasteiger partial charge in [-0.15, -0.1) is 0 Å². The molecular formula is C15H22N2O3S. The zero-order chi connectivity index (χ0) is 15.8. The molecule has 0 aromatic heterocycles. The molecule has 1 fully saturated rings. The first kappa shape index (κ1) is 16.0. The third-order valence-corrected chi connectivity index (χ3v) is 6.23. The summed E-state index contributed by atoms with van der Waals surface area (Å²) in [6.07, 6.45) is 1.05. The maximum Gasteiger partial charge on any atom is 0.263 e. The molecule has 1 amide bonds. The lowest BCUT2D eigenvalue weighted by atomic mass is 10.1. The first-order valence-corrected chi connectivity index (χ1v) is 8.60. The number of nitrogens with one attached hydrogen (secondary N) is 1. The molecule has 0 bridgehead atoms. The standard InChI is InChI=1S/C15H22N2O3S/c1-5-10-16-11(2)12-6-8-13(9-7-12)17-14(18)15(3,4)21(17,19)20/h6-9,11,16H,5,10H2,1-4H3. The summed E-state index contributed by atoms with van der Waals surface area (Å²) in [5, 5.41) is 3.36. The Kier molecular flexibility index (Phi) is 4.13. The highest BCUT2D eigenvalue weighted by Crippen LogP contribution is 2.39. The number of sulfonamides is 1. The van der Waals surface area contributed by atoms with Gasteiger partial charge in [-0.3, -0.25) is 4.79 Å². The van der Waals surface area contributed by atoms with Crippen molar-refractivity contribution in [3.05, 3.63) is 29.8 Å². The molecule has 0 aliphatic carbocycles. The van der Waals surface area contributed by atoms with Crippen LogP contribution >= 0.6 is 0 Å². The Bertz CT molecular complexity index is 635. The fourth-order valence-electron chi connectivity index (χ4n) is 2.29. The second-order valence-electron chi connectivity index (χ2n) is 5.85. The van der Waals surface area contributed by atoms with Gasteiger partial charge in [0.25, 0.3) is 15.9 Å². The van der Waals surface area contributed by atoms with Crippen molar-refractivity contribution in [2.45, 2.75) is 44.9 Å². The smallest absolute Gasteiger partial charge is 0.263 e. The van der Waals surface area contributed by atoms with Crippen LogP contribution in [0.5, 0.6) is 0 Å². The minimum absolute atomic E-state index is 0.194. The molecule has 1 heterocycles. The number of hydrogen-bond donors (Lipinski definition) is 1. The maximum absolute atomic E-state index is 12.1. The predicted molar refractivity (Wildman–Crippen MR) is 83.6 cm³/mol. The number of carbonyl (C=O) groups excluding carboxylic acids is 1. The van der Waals surface area contributed by atoms with Crippen molar-refractivity contribution in [1.82, 2.24) is 5.32 Å². The number of hydrogen-bond acceptors (Lipinski definition) is 4. The van der Waals surface area contributed by atoms with Gasteiger partial charge in [-0.1, -0.05) is 19.1 Å². The van der Waals surface area contributed by atoms with Gasteiger partial charge in [0.1, 0.15) is 0 Å². The van der Waals surface area contributed by atoms with E-state index in [2.05, 4.69) is 19.2 Å². The van der Waals surface area contributed by atoms with Crippen molar-refractivity contribution in [1.29, 1.82) is 0 Å². The summed E-state index contributed by atoms with van der Waals surface area (Å²) in [5.74, 6) is -0.382. The molecule has 1 aromatic carbocycles. The maximum atomic E-state index is 12.1. The molecule has 6 heteroatoms. The van der Waals surface area contributed by atoms with Crippen molar-refractivity contribution >= 4 is 21.6 Å². The molecule has 1 aliphatic heterocycles. The van der Waals surface area contributed by atoms with E-state index in [0.717, 1.165) is 22.8 Å². The summed E-state index contributed by atoms with van der Waals surface area (Å²) in [7, 11) is -3.58. The molecule has 1 aliphatic rings. The molecule has 0 saturated carbocycles. The second-order valence-corrected chi connectivity index (χ2v) is 8.19. The number of anilines is 1. The van der Waals surface area contributed by atoms with Crippen molar-refractivity contribution in [3.8, 4) is 0 Å². The van der Waals surface area contributed by atoms with Gasteiger partial charge in [0, 0.05) is 6.04 Å². The zero-order valence-electron chi connectivity index (χ0n) is 12.9. The second kappa shape index (κ2) is 5.42. The molecule has 116 valence electrons. The first-order chi connectivity index (χ1) is 9.73. The SMILES string of the molecule is CCCNC(C)c1ccc(N2C(=O)C(C)(C)S2(=O)=O)cc1. The van der Waals surface area contributed by atoms with Crippen LogP contribution in [0.2, 0.25) is 0 Å². The van der Waals surface area contributed by atoms with Gasteiger partial charge in [-0.05, 0) is 51.4 Å². The van der Waals surface area contributed by atoms with E-state index in [-0.39, 0.29) is 11.9 Å². The summed E-state index contributed by atoms with van der Waals surface area (Å²) in [6.45, 7) is 7.96. The van der Waals surface area contributed by atoms with Gasteiger partial charge in [0.15, 0.2) is 4.75 Å². The quantitative estimate of drug-likeness (QED) is 0.905. The van der Waals surface area contributed by atoms with Crippen molar-refractivity contribution in [2.24, 2.45) is 0 Å². The summed E-state index contributed by atoms with van der Waals surface area (Å²) in [4.78, 5) is 12.0. The normalized spacial score (nSPS) is 21.0. The van der Waals surface area contributed by atoms with Crippen LogP contribution in [-0.4, -0.2) is 25.6 Å². The summed E-state index contributed by atoms with van der Waals surface area (Å²) >= 11 is 0. The van der Waals surface area contributed by atoms with E-state index in [9.17, 15) is 13.2 Å². The average molecular weight is 310 g/mol. The molecular weight excluding hydrogens is 288 g/mol. The Morgan fingerprint density at radius 3 is 2.29 bits per heavy atom. The Morgan fingerprint density at radius 1 is 1.24 bits per heavy atom. The Hall–Kier alpha value is -1.40. The van der Waals surface area contributed by atoms with E-state index in [1.807, 2.05) is 12.1 Å². The number of nitrogens with zero attached hydrogens (tertiary/aromatic N) is 1. The molecule has 1 N–H and O–H groups in total. The Morgan fingerprint density at radius 2 is 1.81 bits per heavy atom. The van der Waals surface area contributed by atoms with Crippen LogP contribution in [0.3, 0.4) is 0 Å². The van der Waals surface area contributed by atoms with Crippen LogP contribution in [0.15, 0.2) is 24.3 Å². The Balaban J connectivity index is 2.19. The van der Waals surface area contributed by atoms with Crippen LogP contribution in [0.1, 0.15) is 45.7 Å². The molecule has 0 radical (unpaired) electrons. The van der Waals surface area contributed by atoms with Gasteiger partial charge in [0.2, 0.25) is 0 Å². The van der Waals surface area contributed by atoms with Crippen molar-refractivity contribution in [2.75, 3.05) is 10.8 Å². The van der Waals surface area contributed by atoms with Crippen molar-refractivity contribution in [3.63, 3.8) is 0 Å². The molecule has 5 nitrogen and oxygen atoms in total. The highest BCUT2D eigenvalue weighted by Gasteiger charge is 2.60. The largest absolute Gasteiger partial charge is 0.310 e. The highest BCUT2D eigenvalue weighted by atomic mass is 32.2. The minimum atomic E-state index is -3.58. The van der Waals surface area contributed by atoms with E-state index < -0.39 is 14.8 Å². The molecule has 2 rings (SSSR count). The lowest BCUT2D eigenvalue weighted by Crippen LogP contribution is -2.67. The summed E-state index contributed by atoms with van der Waals surface area (Å²) in [5.41, 5.74) is 1.47. The highest BCUT2D eigenvalue weighted by molar-refractivity contribution is 7.98. The van der Waals surface area contributed by atoms with Gasteiger partial charge in [-0.2, -0.15) is 0 Å². The third-order valence-electron chi connectivity index (χ3n) is 3.91. The topological polar surface area (TPSA) is 66.5 Å². The molecule has 1 atom stereocenters. The fraction of sp³-hybridized carbons (Fsp3) is 0.533. The third kappa shape index (κ3) is 2.46. The summed E-state index contributed by atoms with van der Waals surface area (Å²) in [6, 6.07) is 7.28. The fourth-order valence-corrected chi connectivity index (χ4v) is 3.77. The van der Waals surface area contributed by atoms with E-state index in [1.165, 1.54) is 13.8 Å². The van der Waals surface area contributed by atoms with E-state index in [0.29, 0.717) is 5.69 Å².